The van der Waals surface area contributed by atoms with E-state index in [0.717, 1.165) is 19.3 Å². The molecule has 2 unspecified atom stereocenters. The maximum absolute atomic E-state index is 3.57. The average molecular weight is 347 g/mol. The van der Waals surface area contributed by atoms with Crippen LogP contribution in [0.3, 0.4) is 0 Å². The minimum absolute atomic E-state index is 0.477. The molecule has 2 heteroatoms. The third-order valence-corrected chi connectivity index (χ3v) is 5.68. The van der Waals surface area contributed by atoms with E-state index in [-0.39, 0.29) is 0 Å². The number of hydrogen-bond donors (Lipinski definition) is 1. The van der Waals surface area contributed by atoms with E-state index in [1.54, 1.807) is 0 Å². The molecule has 4 aliphatic carbocycles. The summed E-state index contributed by atoms with van der Waals surface area (Å²) in [6.07, 6.45) is 34.8. The van der Waals surface area contributed by atoms with Gasteiger partial charge in [-0.25, -0.2) is 0 Å². The van der Waals surface area contributed by atoms with Gasteiger partial charge in [0, 0.05) is 23.1 Å². The molecular weight excluding hydrogens is 316 g/mol. The first-order chi connectivity index (χ1) is 12.9. The fourth-order valence-corrected chi connectivity index (χ4v) is 4.33. The topological polar surface area (TPSA) is 15.3 Å². The Morgan fingerprint density at radius 1 is 0.846 bits per heavy atom. The molecule has 0 radical (unpaired) electrons. The molecule has 4 aliphatic rings. The van der Waals surface area contributed by atoms with Gasteiger partial charge in [-0.3, -0.25) is 0 Å². The van der Waals surface area contributed by atoms with Crippen LogP contribution in [0.4, 0.5) is 0 Å². The van der Waals surface area contributed by atoms with Crippen molar-refractivity contribution in [3.05, 3.63) is 83.9 Å². The molecule has 1 N–H and O–H groups in total. The summed E-state index contributed by atoms with van der Waals surface area (Å²) in [6.45, 7) is 0. The maximum Gasteiger partial charge on any atom is 0.0512 e. The van der Waals surface area contributed by atoms with Crippen LogP contribution in [0.2, 0.25) is 0 Å². The fraction of sp³-hybridized carbons (Fsp3) is 0.417. The molecule has 0 amide bonds. The molecule has 2 atom stereocenters. The number of nitrogens with zero attached hydrogens (tertiary/aromatic N) is 1. The van der Waals surface area contributed by atoms with Crippen molar-refractivity contribution in [2.75, 3.05) is 0 Å². The molecule has 0 saturated heterocycles. The van der Waals surface area contributed by atoms with Crippen molar-refractivity contribution in [2.24, 2.45) is 0 Å². The molecule has 4 rings (SSSR count). The van der Waals surface area contributed by atoms with Crippen molar-refractivity contribution in [3.8, 4) is 0 Å². The molecule has 26 heavy (non-hydrogen) atoms. The van der Waals surface area contributed by atoms with Gasteiger partial charge in [0.25, 0.3) is 0 Å². The second kappa shape index (κ2) is 8.44. The Morgan fingerprint density at radius 3 is 2.50 bits per heavy atom. The van der Waals surface area contributed by atoms with Crippen molar-refractivity contribution in [2.45, 2.75) is 63.5 Å². The van der Waals surface area contributed by atoms with E-state index in [4.69, 9.17) is 0 Å². The Hall–Kier alpha value is -2.22. The Morgan fingerprint density at radius 2 is 1.81 bits per heavy atom. The lowest BCUT2D eigenvalue weighted by Gasteiger charge is -2.42. The first-order valence-electron chi connectivity index (χ1n) is 10.2. The summed E-state index contributed by atoms with van der Waals surface area (Å²) in [6, 6.07) is 1.12. The maximum atomic E-state index is 3.57. The quantitative estimate of drug-likeness (QED) is 0.646. The molecule has 0 aliphatic heterocycles. The smallest absolute Gasteiger partial charge is 0.0512 e. The lowest BCUT2D eigenvalue weighted by molar-refractivity contribution is 0.191. The van der Waals surface area contributed by atoms with E-state index < -0.39 is 0 Å². The zero-order chi connectivity index (χ0) is 17.6. The average Bonchev–Trinajstić information content (AvgIpc) is 2.72. The highest BCUT2D eigenvalue weighted by atomic mass is 15.2. The second-order valence-electron chi connectivity index (χ2n) is 7.56. The SMILES string of the molecule is C1=CCCC(N(C2C=CC(NC3=CCCC=C3)=CC2)C2CC=CCC2)=C1. The summed E-state index contributed by atoms with van der Waals surface area (Å²) in [7, 11) is 0. The summed E-state index contributed by atoms with van der Waals surface area (Å²) in [4.78, 5) is 2.72. The van der Waals surface area contributed by atoms with Crippen LogP contribution in [0.25, 0.3) is 0 Å². The predicted molar refractivity (Wildman–Crippen MR) is 110 cm³/mol. The molecule has 0 aromatic rings. The predicted octanol–water partition coefficient (Wildman–Crippen LogP) is 5.67. The molecule has 0 aromatic heterocycles. The Bertz CT molecular complexity index is 714. The van der Waals surface area contributed by atoms with Crippen LogP contribution in [0.5, 0.6) is 0 Å². The summed E-state index contributed by atoms with van der Waals surface area (Å²) < 4.78 is 0. The van der Waals surface area contributed by atoms with Gasteiger partial charge in [-0.15, -0.1) is 0 Å². The second-order valence-corrected chi connectivity index (χ2v) is 7.56. The van der Waals surface area contributed by atoms with Gasteiger partial charge in [0.05, 0.1) is 6.04 Å². The van der Waals surface area contributed by atoms with Gasteiger partial charge in [0.2, 0.25) is 0 Å². The molecule has 0 bridgehead atoms. The molecule has 136 valence electrons. The van der Waals surface area contributed by atoms with E-state index in [2.05, 4.69) is 77.1 Å². The van der Waals surface area contributed by atoms with Crippen LogP contribution in [0.1, 0.15) is 51.4 Å². The van der Waals surface area contributed by atoms with Crippen LogP contribution in [0, 0.1) is 0 Å². The Labute approximate surface area is 158 Å². The monoisotopic (exact) mass is 346 g/mol. The van der Waals surface area contributed by atoms with E-state index in [1.165, 1.54) is 49.2 Å². The molecular formula is C24H30N2. The number of rotatable bonds is 5. The van der Waals surface area contributed by atoms with E-state index in [0.29, 0.717) is 12.1 Å². The number of nitrogens with one attached hydrogen (secondary N) is 1. The van der Waals surface area contributed by atoms with Gasteiger partial charge < -0.3 is 10.2 Å². The summed E-state index contributed by atoms with van der Waals surface area (Å²) in [5.74, 6) is 0. The fourth-order valence-electron chi connectivity index (χ4n) is 4.33. The third-order valence-electron chi connectivity index (χ3n) is 5.68. The standard InChI is InChI=1S/C24H30N2/c1-4-10-20(11-5-1)25-21-16-18-24(19-17-21)26(22-12-6-2-7-13-22)23-14-8-3-9-15-23/h2-4,6,8,10-12,16-18,23-25H,1,5,7,9,13-15,19H2. The van der Waals surface area contributed by atoms with Crippen LogP contribution < -0.4 is 5.32 Å². The minimum Gasteiger partial charge on any atom is -0.365 e. The molecule has 0 aromatic carbocycles. The molecule has 0 fully saturated rings. The van der Waals surface area contributed by atoms with Crippen molar-refractivity contribution in [1.29, 1.82) is 0 Å². The van der Waals surface area contributed by atoms with Gasteiger partial charge in [-0.1, -0.05) is 48.6 Å². The van der Waals surface area contributed by atoms with Crippen LogP contribution >= 0.6 is 0 Å². The lowest BCUT2D eigenvalue weighted by atomic mass is 9.93. The highest BCUT2D eigenvalue weighted by Crippen LogP contribution is 2.31. The highest BCUT2D eigenvalue weighted by Gasteiger charge is 2.27. The van der Waals surface area contributed by atoms with Crippen molar-refractivity contribution in [3.63, 3.8) is 0 Å². The largest absolute Gasteiger partial charge is 0.365 e. The third kappa shape index (κ3) is 4.12. The van der Waals surface area contributed by atoms with Crippen molar-refractivity contribution >= 4 is 0 Å². The van der Waals surface area contributed by atoms with Gasteiger partial charge in [0.1, 0.15) is 0 Å². The van der Waals surface area contributed by atoms with Gasteiger partial charge in [-0.2, -0.15) is 0 Å². The Balaban J connectivity index is 1.47. The van der Waals surface area contributed by atoms with E-state index >= 15 is 0 Å². The first-order valence-corrected chi connectivity index (χ1v) is 10.2. The summed E-state index contributed by atoms with van der Waals surface area (Å²) >= 11 is 0. The molecule has 0 spiro atoms. The summed E-state index contributed by atoms with van der Waals surface area (Å²) in [5.41, 5.74) is 3.99. The minimum atomic E-state index is 0.477. The van der Waals surface area contributed by atoms with Crippen LogP contribution in [0.15, 0.2) is 83.9 Å². The molecule has 2 nitrogen and oxygen atoms in total. The van der Waals surface area contributed by atoms with Crippen LogP contribution in [-0.4, -0.2) is 17.0 Å². The highest BCUT2D eigenvalue weighted by molar-refractivity contribution is 5.33. The zero-order valence-corrected chi connectivity index (χ0v) is 15.6. The molecule has 0 heterocycles. The normalized spacial score (nSPS) is 27.6. The number of allylic oxidation sites excluding steroid dienone is 9. The van der Waals surface area contributed by atoms with Crippen molar-refractivity contribution in [1.82, 2.24) is 10.2 Å². The number of hydrogen-bond acceptors (Lipinski definition) is 2. The lowest BCUT2D eigenvalue weighted by Crippen LogP contribution is -2.43. The van der Waals surface area contributed by atoms with Gasteiger partial charge in [-0.05, 0) is 69.6 Å². The van der Waals surface area contributed by atoms with Crippen molar-refractivity contribution < 1.29 is 0 Å². The Kier molecular flexibility index (Phi) is 5.59. The van der Waals surface area contributed by atoms with Gasteiger partial charge in [0.15, 0.2) is 0 Å². The van der Waals surface area contributed by atoms with E-state index in [9.17, 15) is 0 Å². The summed E-state index contributed by atoms with van der Waals surface area (Å²) in [5, 5.41) is 3.57. The molecule has 0 saturated carbocycles. The van der Waals surface area contributed by atoms with Crippen LogP contribution in [-0.2, 0) is 0 Å². The van der Waals surface area contributed by atoms with Gasteiger partial charge >= 0.3 is 0 Å². The van der Waals surface area contributed by atoms with E-state index in [1.807, 2.05) is 0 Å². The zero-order valence-electron chi connectivity index (χ0n) is 15.6. The first kappa shape index (κ1) is 17.2.